The molecule has 0 bridgehead atoms. The summed E-state index contributed by atoms with van der Waals surface area (Å²) in [5.41, 5.74) is 2.74. The minimum atomic E-state index is -1.14. The van der Waals surface area contributed by atoms with E-state index in [1.165, 1.54) is 12.1 Å². The number of hydrogen-bond acceptors (Lipinski definition) is 4. The van der Waals surface area contributed by atoms with E-state index in [0.29, 0.717) is 56.8 Å². The third-order valence-corrected chi connectivity index (χ3v) is 7.44. The number of aliphatic carboxylic acids is 1. The number of unbranched alkanes of at least 4 members (excludes halogenated alkanes) is 5. The van der Waals surface area contributed by atoms with E-state index in [1.54, 1.807) is 48.5 Å². The summed E-state index contributed by atoms with van der Waals surface area (Å²) in [6, 6.07) is 20.6. The van der Waals surface area contributed by atoms with E-state index in [0.717, 1.165) is 44.6 Å². The van der Waals surface area contributed by atoms with Crippen LogP contribution in [0.2, 0.25) is 10.0 Å². The second kappa shape index (κ2) is 16.8. The first-order valence-corrected chi connectivity index (χ1v) is 15.4. The summed E-state index contributed by atoms with van der Waals surface area (Å²) in [6.07, 6.45) is 5.29. The highest BCUT2D eigenvalue weighted by Crippen LogP contribution is 2.41. The van der Waals surface area contributed by atoms with Crippen LogP contribution in [0.25, 0.3) is 22.3 Å². The Kier molecular flexibility index (Phi) is 12.6. The quantitative estimate of drug-likeness (QED) is 0.118. The molecule has 0 aliphatic carbocycles. The van der Waals surface area contributed by atoms with Crippen molar-refractivity contribution in [2.45, 2.75) is 38.5 Å². The smallest absolute Gasteiger partial charge is 0.341 e. The van der Waals surface area contributed by atoms with Gasteiger partial charge in [0.15, 0.2) is 18.2 Å². The molecule has 0 saturated heterocycles. The molecule has 0 saturated carbocycles. The summed E-state index contributed by atoms with van der Waals surface area (Å²) in [5, 5.41) is 13.3. The molecule has 0 spiro atoms. The second-order valence-electron chi connectivity index (χ2n) is 10.4. The first-order valence-electron chi connectivity index (χ1n) is 14.6. The van der Waals surface area contributed by atoms with Crippen molar-refractivity contribution >= 4 is 35.1 Å². The molecule has 4 rings (SSSR count). The zero-order valence-electron chi connectivity index (χ0n) is 24.5. The van der Waals surface area contributed by atoms with Crippen LogP contribution in [-0.4, -0.2) is 36.7 Å². The molecule has 45 heavy (non-hydrogen) atoms. The predicted octanol–water partition coefficient (Wildman–Crippen LogP) is 9.22. The Morgan fingerprint density at radius 1 is 0.733 bits per heavy atom. The lowest BCUT2D eigenvalue weighted by atomic mass is 9.94. The van der Waals surface area contributed by atoms with E-state index in [-0.39, 0.29) is 11.7 Å². The lowest BCUT2D eigenvalue weighted by molar-refractivity contribution is -0.139. The average Bonchev–Trinajstić information content (AvgIpc) is 3.01. The number of amides is 1. The number of carboxylic acids is 1. The van der Waals surface area contributed by atoms with E-state index in [1.807, 2.05) is 12.1 Å². The van der Waals surface area contributed by atoms with Crippen LogP contribution in [-0.2, 0) is 4.79 Å². The lowest BCUT2D eigenvalue weighted by Gasteiger charge is -2.18. The maximum absolute atomic E-state index is 13.6. The van der Waals surface area contributed by atoms with E-state index in [9.17, 15) is 23.5 Å². The van der Waals surface area contributed by atoms with Gasteiger partial charge in [-0.2, -0.15) is 0 Å². The normalized spacial score (nSPS) is 10.8. The minimum Gasteiger partial charge on any atom is -0.491 e. The van der Waals surface area contributed by atoms with Gasteiger partial charge in [-0.05, 0) is 72.5 Å². The molecule has 0 radical (unpaired) electrons. The number of carboxylic acid groups (broad SMARTS) is 1. The van der Waals surface area contributed by atoms with Crippen LogP contribution in [0.3, 0.4) is 0 Å². The molecule has 4 aromatic carbocycles. The first kappa shape index (κ1) is 33.7. The van der Waals surface area contributed by atoms with Crippen molar-refractivity contribution in [3.8, 4) is 33.8 Å². The fourth-order valence-electron chi connectivity index (χ4n) is 4.80. The van der Waals surface area contributed by atoms with E-state index in [2.05, 4.69) is 5.32 Å². The summed E-state index contributed by atoms with van der Waals surface area (Å²) in [4.78, 5) is 24.8. The number of carbonyl (C=O) groups excluding carboxylic acids is 1. The van der Waals surface area contributed by atoms with Crippen molar-refractivity contribution in [1.82, 2.24) is 5.32 Å². The van der Waals surface area contributed by atoms with Crippen LogP contribution in [0.1, 0.15) is 48.9 Å². The molecule has 0 unspecified atom stereocenters. The van der Waals surface area contributed by atoms with Crippen molar-refractivity contribution < 1.29 is 33.0 Å². The van der Waals surface area contributed by atoms with Crippen molar-refractivity contribution in [2.24, 2.45) is 0 Å². The van der Waals surface area contributed by atoms with Crippen molar-refractivity contribution in [3.05, 3.63) is 106 Å². The van der Waals surface area contributed by atoms with Gasteiger partial charge >= 0.3 is 5.97 Å². The van der Waals surface area contributed by atoms with Crippen LogP contribution in [0.15, 0.2) is 78.9 Å². The van der Waals surface area contributed by atoms with Crippen LogP contribution in [0.5, 0.6) is 11.5 Å². The Labute approximate surface area is 270 Å². The molecule has 6 nitrogen and oxygen atoms in total. The van der Waals surface area contributed by atoms with Gasteiger partial charge in [0.1, 0.15) is 11.6 Å². The monoisotopic (exact) mass is 655 g/mol. The fourth-order valence-corrected chi connectivity index (χ4v) is 5.18. The number of carbonyl (C=O) groups is 2. The average molecular weight is 657 g/mol. The third-order valence-electron chi connectivity index (χ3n) is 6.97. The Morgan fingerprint density at radius 2 is 1.33 bits per heavy atom. The Balaban J connectivity index is 1.37. The molecule has 0 atom stereocenters. The van der Waals surface area contributed by atoms with Gasteiger partial charge in [-0.3, -0.25) is 4.79 Å². The number of hydrogen-bond donors (Lipinski definition) is 2. The van der Waals surface area contributed by atoms with Crippen LogP contribution < -0.4 is 14.8 Å². The highest BCUT2D eigenvalue weighted by Gasteiger charge is 2.20. The highest BCUT2D eigenvalue weighted by molar-refractivity contribution is 6.31. The molecule has 0 heterocycles. The van der Waals surface area contributed by atoms with Gasteiger partial charge in [0.05, 0.1) is 6.61 Å². The van der Waals surface area contributed by atoms with Gasteiger partial charge in [-0.15, -0.1) is 0 Å². The molecule has 0 aliphatic rings. The number of halogens is 4. The van der Waals surface area contributed by atoms with Gasteiger partial charge in [0, 0.05) is 39.3 Å². The zero-order valence-corrected chi connectivity index (χ0v) is 26.0. The maximum atomic E-state index is 13.6. The van der Waals surface area contributed by atoms with Crippen LogP contribution in [0.4, 0.5) is 8.78 Å². The van der Waals surface area contributed by atoms with Crippen LogP contribution >= 0.6 is 23.2 Å². The standard InChI is InChI=1S/C35H33Cl2F2NO5/c36-26-11-7-9-23(17-26)29-19-25(20-30(34(29)45-22-33(41)42)24-10-8-12-27(37)18-24)35(43)40-15-5-3-1-2-4-6-16-44-32-14-13-28(38)21-31(32)39/h7-14,17-21H,1-6,15-16,22H2,(H,40,43)(H,41,42). The number of nitrogens with one attached hydrogen (secondary N) is 1. The Hall–Kier alpha value is -4.14. The first-order chi connectivity index (χ1) is 21.7. The van der Waals surface area contributed by atoms with E-state index >= 15 is 0 Å². The Bertz CT molecular complexity index is 1570. The molecule has 2 N–H and O–H groups in total. The van der Waals surface area contributed by atoms with Gasteiger partial charge in [-0.1, -0.05) is 73.2 Å². The zero-order chi connectivity index (χ0) is 32.2. The Morgan fingerprint density at radius 3 is 1.91 bits per heavy atom. The van der Waals surface area contributed by atoms with Crippen molar-refractivity contribution in [2.75, 3.05) is 19.8 Å². The molecule has 4 aromatic rings. The number of ether oxygens (including phenoxy) is 2. The number of benzene rings is 4. The van der Waals surface area contributed by atoms with Crippen molar-refractivity contribution in [1.29, 1.82) is 0 Å². The van der Waals surface area contributed by atoms with E-state index in [4.69, 9.17) is 32.7 Å². The largest absolute Gasteiger partial charge is 0.491 e. The summed E-state index contributed by atoms with van der Waals surface area (Å²) in [7, 11) is 0. The lowest BCUT2D eigenvalue weighted by Crippen LogP contribution is -2.24. The molecular formula is C35H33Cl2F2NO5. The van der Waals surface area contributed by atoms with Gasteiger partial charge in [0.2, 0.25) is 0 Å². The summed E-state index contributed by atoms with van der Waals surface area (Å²) >= 11 is 12.5. The molecule has 1 amide bonds. The fraction of sp³-hybridized carbons (Fsp3) is 0.257. The van der Waals surface area contributed by atoms with Gasteiger partial charge in [-0.25, -0.2) is 13.6 Å². The third kappa shape index (κ3) is 10.2. The predicted molar refractivity (Wildman–Crippen MR) is 172 cm³/mol. The molecular weight excluding hydrogens is 623 g/mol. The summed E-state index contributed by atoms with van der Waals surface area (Å²) in [5.74, 6) is -2.42. The van der Waals surface area contributed by atoms with Gasteiger partial charge < -0.3 is 19.9 Å². The maximum Gasteiger partial charge on any atom is 0.341 e. The second-order valence-corrected chi connectivity index (χ2v) is 11.3. The number of rotatable bonds is 16. The molecule has 236 valence electrons. The molecule has 0 fully saturated rings. The van der Waals surface area contributed by atoms with Gasteiger partial charge in [0.25, 0.3) is 5.91 Å². The molecule has 0 aromatic heterocycles. The van der Waals surface area contributed by atoms with Crippen LogP contribution in [0, 0.1) is 11.6 Å². The van der Waals surface area contributed by atoms with Crippen molar-refractivity contribution in [3.63, 3.8) is 0 Å². The molecule has 0 aliphatic heterocycles. The SMILES string of the molecule is O=C(O)COc1c(-c2cccc(Cl)c2)cc(C(=O)NCCCCCCCCOc2ccc(F)cc2F)cc1-c1cccc(Cl)c1. The minimum absolute atomic E-state index is 0.0499. The molecule has 10 heteroatoms. The summed E-state index contributed by atoms with van der Waals surface area (Å²) < 4.78 is 37.8. The summed E-state index contributed by atoms with van der Waals surface area (Å²) in [6.45, 7) is 0.252. The topological polar surface area (TPSA) is 84.9 Å². The highest BCUT2D eigenvalue weighted by atomic mass is 35.5. The van der Waals surface area contributed by atoms with E-state index < -0.39 is 24.2 Å².